The summed E-state index contributed by atoms with van der Waals surface area (Å²) < 4.78 is 40.4. The van der Waals surface area contributed by atoms with Crippen molar-refractivity contribution < 1.29 is 13.2 Å². The van der Waals surface area contributed by atoms with E-state index < -0.39 is 17.5 Å². The molecule has 0 aliphatic carbocycles. The summed E-state index contributed by atoms with van der Waals surface area (Å²) in [5, 5.41) is -0.298. The third kappa shape index (κ3) is 2.74. The number of benzene rings is 2. The third-order valence-corrected chi connectivity index (χ3v) is 3.86. The zero-order valence-corrected chi connectivity index (χ0v) is 11.0. The Hall–Kier alpha value is -1.53. The molecule has 2 nitrogen and oxygen atoms in total. The minimum Gasteiger partial charge on any atom is -0.398 e. The Kier molecular flexibility index (Phi) is 3.82. The van der Waals surface area contributed by atoms with Gasteiger partial charge in [-0.3, -0.25) is 0 Å². The van der Waals surface area contributed by atoms with Crippen molar-refractivity contribution >= 4 is 34.7 Å². The summed E-state index contributed by atoms with van der Waals surface area (Å²) in [6.07, 6.45) is 0. The van der Waals surface area contributed by atoms with E-state index in [0.29, 0.717) is 11.8 Å². The summed E-state index contributed by atoms with van der Waals surface area (Å²) in [5.41, 5.74) is 11.0. The van der Waals surface area contributed by atoms with Crippen LogP contribution in [0.1, 0.15) is 0 Å². The van der Waals surface area contributed by atoms with E-state index in [4.69, 9.17) is 23.1 Å². The fourth-order valence-electron chi connectivity index (χ4n) is 1.42. The van der Waals surface area contributed by atoms with Crippen LogP contribution in [0.15, 0.2) is 34.1 Å². The topological polar surface area (TPSA) is 52.0 Å². The lowest BCUT2D eigenvalue weighted by Crippen LogP contribution is -1.98. The van der Waals surface area contributed by atoms with Gasteiger partial charge in [-0.05, 0) is 24.3 Å². The van der Waals surface area contributed by atoms with Crippen LogP contribution < -0.4 is 11.5 Å². The fraction of sp³-hybridized carbons (Fsp3) is 0. The second kappa shape index (κ2) is 5.22. The predicted octanol–water partition coefficient (Wildman–Crippen LogP) is 4.07. The first kappa shape index (κ1) is 13.9. The predicted molar refractivity (Wildman–Crippen MR) is 70.7 cm³/mol. The molecule has 4 N–H and O–H groups in total. The normalized spacial score (nSPS) is 10.7. The molecule has 7 heteroatoms. The van der Waals surface area contributed by atoms with Gasteiger partial charge in [-0.2, -0.15) is 0 Å². The Morgan fingerprint density at radius 2 is 1.68 bits per heavy atom. The molecule has 0 spiro atoms. The van der Waals surface area contributed by atoms with Crippen LogP contribution in [0.4, 0.5) is 24.5 Å². The van der Waals surface area contributed by atoms with Gasteiger partial charge in [0.1, 0.15) is 16.7 Å². The van der Waals surface area contributed by atoms with Crippen LogP contribution >= 0.6 is 23.4 Å². The van der Waals surface area contributed by atoms with Gasteiger partial charge in [0.15, 0.2) is 5.82 Å². The molecular weight excluding hydrogens is 297 g/mol. The molecule has 100 valence electrons. The maximum absolute atomic E-state index is 13.9. The minimum atomic E-state index is -0.854. The summed E-state index contributed by atoms with van der Waals surface area (Å²) in [6.45, 7) is 0. The van der Waals surface area contributed by atoms with E-state index in [2.05, 4.69) is 0 Å². The zero-order valence-electron chi connectivity index (χ0n) is 9.38. The van der Waals surface area contributed by atoms with Crippen LogP contribution in [0, 0.1) is 17.5 Å². The molecule has 0 aliphatic rings. The van der Waals surface area contributed by atoms with Crippen LogP contribution in [0.5, 0.6) is 0 Å². The Bertz CT molecular complexity index is 649. The van der Waals surface area contributed by atoms with Crippen molar-refractivity contribution in [2.45, 2.75) is 9.79 Å². The summed E-state index contributed by atoms with van der Waals surface area (Å²) in [7, 11) is 0. The van der Waals surface area contributed by atoms with Crippen molar-refractivity contribution in [1.82, 2.24) is 0 Å². The lowest BCUT2D eigenvalue weighted by molar-refractivity contribution is 0.576. The van der Waals surface area contributed by atoms with Gasteiger partial charge >= 0.3 is 0 Å². The Morgan fingerprint density at radius 1 is 1.00 bits per heavy atom. The maximum atomic E-state index is 13.9. The van der Waals surface area contributed by atoms with Crippen molar-refractivity contribution in [3.8, 4) is 0 Å². The Labute approximate surface area is 116 Å². The molecule has 0 heterocycles. The van der Waals surface area contributed by atoms with E-state index in [0.717, 1.165) is 18.2 Å². The summed E-state index contributed by atoms with van der Waals surface area (Å²) in [6, 6.07) is 4.13. The molecule has 2 aromatic carbocycles. The van der Waals surface area contributed by atoms with Crippen molar-refractivity contribution in [2.75, 3.05) is 11.5 Å². The first-order valence-electron chi connectivity index (χ1n) is 5.06. The molecule has 0 atom stereocenters. The number of anilines is 2. The highest BCUT2D eigenvalue weighted by Crippen LogP contribution is 2.40. The molecule has 0 fully saturated rings. The standard InChI is InChI=1S/C12H8ClF3N2S/c13-10-7(17)4-8(18)12(11(10)16)19-9-3-5(14)1-2-6(9)15/h1-4H,17-18H2. The van der Waals surface area contributed by atoms with Crippen molar-refractivity contribution in [3.63, 3.8) is 0 Å². The largest absolute Gasteiger partial charge is 0.398 e. The highest BCUT2D eigenvalue weighted by atomic mass is 35.5. The van der Waals surface area contributed by atoms with Gasteiger partial charge in [0.2, 0.25) is 0 Å². The van der Waals surface area contributed by atoms with Crippen molar-refractivity contribution in [2.24, 2.45) is 0 Å². The van der Waals surface area contributed by atoms with Crippen LogP contribution in [0.25, 0.3) is 0 Å². The second-order valence-corrected chi connectivity index (χ2v) is 5.12. The Balaban J connectivity index is 2.49. The highest BCUT2D eigenvalue weighted by molar-refractivity contribution is 7.99. The molecule has 0 aliphatic heterocycles. The van der Waals surface area contributed by atoms with Gasteiger partial charge in [0.05, 0.1) is 21.2 Å². The number of hydrogen-bond acceptors (Lipinski definition) is 3. The zero-order chi connectivity index (χ0) is 14.2. The number of halogens is 4. The second-order valence-electron chi connectivity index (χ2n) is 3.69. The van der Waals surface area contributed by atoms with Gasteiger partial charge < -0.3 is 11.5 Å². The van der Waals surface area contributed by atoms with Gasteiger partial charge in [-0.1, -0.05) is 23.4 Å². The number of nitrogens with two attached hydrogens (primary N) is 2. The van der Waals surface area contributed by atoms with Crippen LogP contribution in [-0.2, 0) is 0 Å². The molecule has 0 aromatic heterocycles. The number of rotatable bonds is 2. The summed E-state index contributed by atoms with van der Waals surface area (Å²) in [4.78, 5) is -0.185. The summed E-state index contributed by atoms with van der Waals surface area (Å²) in [5.74, 6) is -2.17. The van der Waals surface area contributed by atoms with Crippen LogP contribution in [-0.4, -0.2) is 0 Å². The lowest BCUT2D eigenvalue weighted by atomic mass is 10.3. The Morgan fingerprint density at radius 3 is 2.37 bits per heavy atom. The van der Waals surface area contributed by atoms with Crippen molar-refractivity contribution in [1.29, 1.82) is 0 Å². The van der Waals surface area contributed by atoms with Crippen LogP contribution in [0.3, 0.4) is 0 Å². The van der Waals surface area contributed by atoms with Crippen LogP contribution in [0.2, 0.25) is 5.02 Å². The number of nitrogen functional groups attached to an aromatic ring is 2. The average Bonchev–Trinajstić information content (AvgIpc) is 2.36. The van der Waals surface area contributed by atoms with E-state index in [9.17, 15) is 13.2 Å². The lowest BCUT2D eigenvalue weighted by Gasteiger charge is -2.10. The highest BCUT2D eigenvalue weighted by Gasteiger charge is 2.17. The molecule has 0 saturated carbocycles. The first-order chi connectivity index (χ1) is 8.90. The fourth-order valence-corrected chi connectivity index (χ4v) is 2.55. The quantitative estimate of drug-likeness (QED) is 0.822. The molecule has 0 unspecified atom stereocenters. The molecular formula is C12H8ClF3N2S. The van der Waals surface area contributed by atoms with Gasteiger partial charge in [0, 0.05) is 0 Å². The van der Waals surface area contributed by atoms with Gasteiger partial charge in [-0.25, -0.2) is 13.2 Å². The minimum absolute atomic E-state index is 0.00746. The van der Waals surface area contributed by atoms with Gasteiger partial charge in [0.25, 0.3) is 0 Å². The molecule has 0 bridgehead atoms. The molecule has 0 saturated heterocycles. The van der Waals surface area contributed by atoms with E-state index in [1.807, 2.05) is 0 Å². The molecule has 0 amide bonds. The smallest absolute Gasteiger partial charge is 0.159 e. The molecule has 0 radical (unpaired) electrons. The van der Waals surface area contributed by atoms with Gasteiger partial charge in [-0.15, -0.1) is 0 Å². The number of hydrogen-bond donors (Lipinski definition) is 2. The van der Waals surface area contributed by atoms with E-state index >= 15 is 0 Å². The molecule has 19 heavy (non-hydrogen) atoms. The van der Waals surface area contributed by atoms with E-state index in [-0.39, 0.29) is 26.2 Å². The third-order valence-electron chi connectivity index (χ3n) is 2.32. The SMILES string of the molecule is Nc1cc(N)c(Sc2cc(F)ccc2F)c(F)c1Cl. The van der Waals surface area contributed by atoms with Crippen molar-refractivity contribution in [3.05, 3.63) is 46.7 Å². The molecule has 2 aromatic rings. The van der Waals surface area contributed by atoms with E-state index in [1.165, 1.54) is 6.07 Å². The maximum Gasteiger partial charge on any atom is 0.159 e. The molecule has 2 rings (SSSR count). The van der Waals surface area contributed by atoms with E-state index in [1.54, 1.807) is 0 Å². The average molecular weight is 305 g/mol. The monoisotopic (exact) mass is 304 g/mol. The summed E-state index contributed by atoms with van der Waals surface area (Å²) >= 11 is 6.30. The first-order valence-corrected chi connectivity index (χ1v) is 6.25.